The number of ether oxygens (including phenoxy) is 4. The smallest absolute Gasteiger partial charge is 0.413 e. The number of imidazole rings is 1. The highest BCUT2D eigenvalue weighted by Gasteiger charge is 2.24. The zero-order valence-corrected chi connectivity index (χ0v) is 75.9. The number of halogens is 6. The Hall–Kier alpha value is -14.8. The molecule has 43 heteroatoms. The van der Waals surface area contributed by atoms with Crippen LogP contribution in [0.1, 0.15) is 120 Å². The summed E-state index contributed by atoms with van der Waals surface area (Å²) in [4.78, 5) is 66.7. The number of H-pyrrole nitrogens is 7. The van der Waals surface area contributed by atoms with Crippen LogP contribution in [0.25, 0.3) is 78.6 Å². The Morgan fingerprint density at radius 1 is 0.496 bits per heavy atom. The third-order valence-corrected chi connectivity index (χ3v) is 18.1. The molecule has 0 radical (unpaired) electrons. The van der Waals surface area contributed by atoms with Crippen molar-refractivity contribution >= 4 is 137 Å². The number of allylic oxidation sites excluding steroid dienone is 1. The van der Waals surface area contributed by atoms with Gasteiger partial charge < -0.3 is 64.1 Å². The van der Waals surface area contributed by atoms with E-state index < -0.39 is 64.2 Å². The van der Waals surface area contributed by atoms with Crippen LogP contribution < -0.4 is 61.4 Å². The van der Waals surface area contributed by atoms with Crippen LogP contribution >= 0.6 is 38.9 Å². The molecule has 14 aromatic rings. The number of nitrogens with two attached hydrogens (primary N) is 7. The van der Waals surface area contributed by atoms with Gasteiger partial charge in [-0.2, -0.15) is 30.6 Å². The van der Waals surface area contributed by atoms with Crippen LogP contribution in [0.5, 0.6) is 0 Å². The molecular formula is C86H100BrClF4N28O8S. The number of carbonyl (C=O) groups excluding carboxylic acids is 4. The Labute approximate surface area is 755 Å². The zero-order valence-electron chi connectivity index (χ0n) is 72.7. The van der Waals surface area contributed by atoms with Crippen LogP contribution in [0.15, 0.2) is 166 Å². The number of aryl methyl sites for hydroxylation is 2. The first-order valence-electron chi connectivity index (χ1n) is 39.4. The first-order chi connectivity index (χ1) is 60.7. The number of pyridine rings is 1. The number of nitrogens with one attached hydrogen (secondary N) is 11. The van der Waals surface area contributed by atoms with Crippen LogP contribution in [0.4, 0.5) is 93.8 Å². The Morgan fingerprint density at radius 2 is 0.938 bits per heavy atom. The number of rotatable bonds is 14. The Morgan fingerprint density at radius 3 is 1.40 bits per heavy atom. The van der Waals surface area contributed by atoms with Crippen molar-refractivity contribution in [3.8, 4) is 67.7 Å². The molecule has 5 aromatic carbocycles. The second-order valence-corrected chi connectivity index (χ2v) is 34.4. The number of aromatic nitrogens is 16. The molecular weight excluding hydrogens is 1780 g/mol. The summed E-state index contributed by atoms with van der Waals surface area (Å²) >= 11 is 10.4. The van der Waals surface area contributed by atoms with E-state index in [0.29, 0.717) is 101 Å². The highest BCUT2D eigenvalue weighted by atomic mass is 79.9. The molecule has 15 rings (SSSR count). The number of aliphatic imine (C=N–C) groups is 1. The van der Waals surface area contributed by atoms with Crippen molar-refractivity contribution in [3.63, 3.8) is 0 Å². The van der Waals surface area contributed by atoms with Gasteiger partial charge in [-0.25, -0.2) is 46.7 Å². The first-order valence-corrected chi connectivity index (χ1v) is 41.5. The summed E-state index contributed by atoms with van der Waals surface area (Å²) in [5, 5.41) is 53.2. The minimum absolute atomic E-state index is 0.164. The molecule has 1 aliphatic rings. The Bertz CT molecular complexity index is 6220. The molecule has 0 saturated heterocycles. The maximum absolute atomic E-state index is 13.9. The number of benzene rings is 5. The fourth-order valence-corrected chi connectivity index (χ4v) is 12.6. The van der Waals surface area contributed by atoms with Crippen molar-refractivity contribution in [2.24, 2.45) is 10.7 Å². The lowest BCUT2D eigenvalue weighted by atomic mass is 10.1. The molecule has 0 bridgehead atoms. The van der Waals surface area contributed by atoms with Gasteiger partial charge in [-0.3, -0.25) is 61.8 Å². The fourth-order valence-electron chi connectivity index (χ4n) is 11.3. The third-order valence-electron chi connectivity index (χ3n) is 16.6. The second-order valence-electron chi connectivity index (χ2n) is 32.2. The molecule has 9 aromatic heterocycles. The summed E-state index contributed by atoms with van der Waals surface area (Å²) in [6.45, 7) is 26.2. The Kier molecular flexibility index (Phi) is 33.0. The largest absolute Gasteiger partial charge is 0.444 e. The lowest BCUT2D eigenvalue weighted by Crippen LogP contribution is -2.27. The predicted octanol–water partition coefficient (Wildman–Crippen LogP) is 19.0. The summed E-state index contributed by atoms with van der Waals surface area (Å²) in [6.07, 6.45) is 4.47. The quantitative estimate of drug-likeness (QED) is 0.0355. The standard InChI is InChI=1S/C15H20N4O2.C14H17FN4O2.C14H18N4O2.C12H9FN4.C12H16N4O2S.C10H14ClN5.C9H6BrF2N3/c1-9-7-10(17-14(20)21-15(2,3)4)5-6-11(9)12-8-13(16)19-18-12;1-14(2,3)21-13(20)17-8-4-5-10(15)9(6-8)11-7-12(16)19-18-11;1-14(2,3)20-13(19)16-10-6-4-9(5-7-10)11-8-12(15)18-17-11;13-9-5-10-7(2-1-3-15-10)4-8(9)11-6-12(14)17-16-11;1-12(2,3)18-11(17)16-10-15-9(6-19-10)8-4-7(13)5-14-8;1-2-3-4-8-13-9(10(11)14-8)6-5-7(12)16-15-6;10-4-1-5(11)9(6(12)2-4)7-3-8(13)15-14-7/h5-8H,1-4H3,(H,17,20)(H3,16,18,19);4-7H,1-3H3,(H,17,20)(H3,16,18,19);4-8H,1-3H3,(H,16,19)(H3,15,17,18);1-6H,(H3,14,16,17);4,6H,5,13H2,1-3H3,(H,15,16,17);5H,2-4H2,1H3,(H,13,14)(H3,12,15,16);1-3H,(H3,13,14,15). The molecule has 0 saturated carbocycles. The van der Waals surface area contributed by atoms with Gasteiger partial charge in [0.05, 0.1) is 57.5 Å². The Balaban J connectivity index is 0.000000170. The molecule has 0 unspecified atom stereocenters. The van der Waals surface area contributed by atoms with Crippen molar-refractivity contribution in [2.75, 3.05) is 62.2 Å². The lowest BCUT2D eigenvalue weighted by molar-refractivity contribution is 0.0624. The maximum atomic E-state index is 13.9. The van der Waals surface area contributed by atoms with E-state index >= 15 is 0 Å². The molecule has 1 aliphatic heterocycles. The summed E-state index contributed by atoms with van der Waals surface area (Å²) < 4.78 is 75.6. The van der Waals surface area contributed by atoms with E-state index in [0.717, 1.165) is 70.0 Å². The van der Waals surface area contributed by atoms with Gasteiger partial charge in [-0.05, 0) is 180 Å². The number of hydrogen-bond donors (Lipinski definition) is 18. The SMILES string of the molecule is CC(C)(C)OC(=O)Nc1ccc(-c2cc(N)n[nH]2)cc1.CC(C)(C)OC(=O)Nc1ccc(F)c(-c2cc(N)n[nH]2)c1.CC(C)(C)OC(=O)Nc1nc(C2=NCC(N)=C2)cs1.CCCCc1nc(-c2cc(N)n[nH]2)c(Cl)[nH]1.Cc1cc(NC(=O)OC(C)(C)C)ccc1-c1cc(N)n[nH]1.Nc1cc(-c2c(F)cc(Br)cc2F)[nH]n1.Nc1cc(-c2cc3cccnc3cc2F)[nH]n1. The van der Waals surface area contributed by atoms with E-state index in [1.165, 1.54) is 59.9 Å². The van der Waals surface area contributed by atoms with Gasteiger partial charge in [-0.1, -0.05) is 65.1 Å². The van der Waals surface area contributed by atoms with Crippen LogP contribution in [-0.4, -0.2) is 140 Å². The summed E-state index contributed by atoms with van der Waals surface area (Å²) in [5.41, 5.74) is 48.8. The number of anilines is 10. The van der Waals surface area contributed by atoms with Gasteiger partial charge in [0.15, 0.2) is 5.13 Å². The van der Waals surface area contributed by atoms with E-state index in [1.54, 1.807) is 96.3 Å². The summed E-state index contributed by atoms with van der Waals surface area (Å²) in [7, 11) is 0. The molecule has 129 heavy (non-hydrogen) atoms. The summed E-state index contributed by atoms with van der Waals surface area (Å²) in [6, 6.07) is 35.9. The minimum atomic E-state index is -0.675. The predicted molar refractivity (Wildman–Crippen MR) is 499 cm³/mol. The number of carbonyl (C=O) groups is 4. The topological polar surface area (TPSA) is 574 Å². The molecule has 36 nitrogen and oxygen atoms in total. The number of aromatic amines is 7. The van der Waals surface area contributed by atoms with Crippen LogP contribution in [0.3, 0.4) is 0 Å². The molecule has 0 spiro atoms. The van der Waals surface area contributed by atoms with E-state index in [4.69, 9.17) is 70.7 Å². The minimum Gasteiger partial charge on any atom is -0.444 e. The molecule has 10 heterocycles. The normalized spacial score (nSPS) is 11.6. The van der Waals surface area contributed by atoms with Crippen molar-refractivity contribution < 1.29 is 55.7 Å². The monoisotopic (exact) mass is 1870 g/mol. The van der Waals surface area contributed by atoms with Gasteiger partial charge in [-0.15, -0.1) is 11.3 Å². The van der Waals surface area contributed by atoms with Crippen LogP contribution in [0, 0.1) is 30.2 Å². The lowest BCUT2D eigenvalue weighted by Gasteiger charge is -2.20. The average molecular weight is 1880 g/mol. The number of fused-ring (bicyclic) bond motifs is 1. The van der Waals surface area contributed by atoms with Crippen molar-refractivity contribution in [3.05, 3.63) is 207 Å². The number of nitrogen functional groups attached to an aromatic ring is 6. The van der Waals surface area contributed by atoms with Gasteiger partial charge in [0.1, 0.15) is 103 Å². The first kappa shape index (κ1) is 98.0. The third kappa shape index (κ3) is 31.1. The summed E-state index contributed by atoms with van der Waals surface area (Å²) in [5.74, 6) is 0.854. The average Bonchev–Trinajstić information content (AvgIpc) is 1.26. The molecule has 680 valence electrons. The number of unbranched alkanes of at least 4 members (excludes halogenated alkanes) is 1. The van der Waals surface area contributed by atoms with E-state index in [1.807, 2.05) is 96.3 Å². The number of thiazole rings is 1. The molecule has 0 atom stereocenters. The van der Waals surface area contributed by atoms with Crippen molar-refractivity contribution in [1.82, 2.24) is 81.1 Å². The van der Waals surface area contributed by atoms with E-state index in [-0.39, 0.29) is 34.3 Å². The van der Waals surface area contributed by atoms with Crippen LogP contribution in [0.2, 0.25) is 5.15 Å². The van der Waals surface area contributed by atoms with Crippen LogP contribution in [-0.2, 0) is 25.4 Å². The fraction of sp³-hybridized carbons (Fsp3) is 0.256. The molecule has 25 N–H and O–H groups in total. The van der Waals surface area contributed by atoms with Crippen molar-refractivity contribution in [1.29, 1.82) is 0 Å². The molecule has 0 fully saturated rings. The number of hydrogen-bond acceptors (Lipinski definition) is 26. The highest BCUT2D eigenvalue weighted by Crippen LogP contribution is 2.33. The zero-order chi connectivity index (χ0) is 94.4. The van der Waals surface area contributed by atoms with Gasteiger partial charge in [0.25, 0.3) is 0 Å². The van der Waals surface area contributed by atoms with E-state index in [2.05, 4.69) is 130 Å². The molecule has 4 amide bonds. The maximum Gasteiger partial charge on any atom is 0.413 e. The van der Waals surface area contributed by atoms with Crippen molar-refractivity contribution in [2.45, 2.75) is 139 Å². The van der Waals surface area contributed by atoms with Gasteiger partial charge in [0, 0.05) is 110 Å². The number of amides is 4. The molecule has 0 aliphatic carbocycles. The highest BCUT2D eigenvalue weighted by molar-refractivity contribution is 9.10. The van der Waals surface area contributed by atoms with Gasteiger partial charge in [0.2, 0.25) is 0 Å². The van der Waals surface area contributed by atoms with E-state index in [9.17, 15) is 36.7 Å². The number of nitrogens with zero attached hydrogens (tertiary/aromatic N) is 10. The van der Waals surface area contributed by atoms with Gasteiger partial charge >= 0.3 is 24.4 Å². The second kappa shape index (κ2) is 43.4.